The molecule has 2 aromatic carbocycles. The number of thiazole rings is 1. The van der Waals surface area contributed by atoms with Crippen LogP contribution < -0.4 is 10.4 Å². The van der Waals surface area contributed by atoms with Gasteiger partial charge in [0.15, 0.2) is 4.80 Å². The average molecular weight is 398 g/mol. The zero-order valence-corrected chi connectivity index (χ0v) is 15.7. The van der Waals surface area contributed by atoms with Gasteiger partial charge in [-0.1, -0.05) is 29.5 Å². The number of halogens is 1. The molecular weight excluding hydrogens is 383 g/mol. The molecule has 0 aliphatic heterocycles. The molecule has 0 N–H and O–H groups in total. The van der Waals surface area contributed by atoms with E-state index < -0.39 is 11.5 Å². The normalized spacial score (nSPS) is 12.1. The van der Waals surface area contributed by atoms with Gasteiger partial charge in [0.1, 0.15) is 17.0 Å². The molecule has 1 amide bonds. The van der Waals surface area contributed by atoms with Crippen molar-refractivity contribution in [3.05, 3.63) is 75.1 Å². The Morgan fingerprint density at radius 2 is 2.07 bits per heavy atom. The average Bonchev–Trinajstić information content (AvgIpc) is 3.01. The fourth-order valence-electron chi connectivity index (χ4n) is 2.89. The van der Waals surface area contributed by atoms with E-state index in [0.29, 0.717) is 33.6 Å². The topological polar surface area (TPSA) is 73.8 Å². The van der Waals surface area contributed by atoms with Crippen molar-refractivity contribution in [2.24, 2.45) is 4.99 Å². The highest BCUT2D eigenvalue weighted by molar-refractivity contribution is 7.16. The van der Waals surface area contributed by atoms with E-state index in [4.69, 9.17) is 9.15 Å². The molecule has 28 heavy (non-hydrogen) atoms. The molecule has 0 bridgehead atoms. The van der Waals surface area contributed by atoms with Crippen molar-refractivity contribution in [2.75, 3.05) is 13.7 Å². The number of hydrogen-bond donors (Lipinski definition) is 0. The number of carbonyl (C=O) groups excluding carboxylic acids is 1. The number of methoxy groups -OCH3 is 1. The van der Waals surface area contributed by atoms with Gasteiger partial charge in [-0.05, 0) is 30.3 Å². The Morgan fingerprint density at radius 3 is 2.89 bits per heavy atom. The number of fused-ring (bicyclic) bond motifs is 2. The van der Waals surface area contributed by atoms with E-state index in [-0.39, 0.29) is 11.4 Å². The van der Waals surface area contributed by atoms with E-state index in [1.165, 1.54) is 29.5 Å². The Balaban J connectivity index is 1.86. The maximum Gasteiger partial charge on any atom is 0.349 e. The van der Waals surface area contributed by atoms with Gasteiger partial charge in [-0.15, -0.1) is 0 Å². The third-order valence-electron chi connectivity index (χ3n) is 4.23. The molecule has 8 heteroatoms. The van der Waals surface area contributed by atoms with Crippen molar-refractivity contribution < 1.29 is 18.3 Å². The Kier molecular flexibility index (Phi) is 4.89. The summed E-state index contributed by atoms with van der Waals surface area (Å²) >= 11 is 1.17. The molecule has 0 radical (unpaired) electrons. The molecule has 4 rings (SSSR count). The lowest BCUT2D eigenvalue weighted by Gasteiger charge is -2.04. The minimum atomic E-state index is -0.747. The van der Waals surface area contributed by atoms with Crippen LogP contribution in [-0.2, 0) is 11.3 Å². The molecule has 2 aromatic heterocycles. The monoisotopic (exact) mass is 398 g/mol. The molecule has 0 fully saturated rings. The van der Waals surface area contributed by atoms with E-state index in [1.54, 1.807) is 42.0 Å². The maximum absolute atomic E-state index is 13.6. The van der Waals surface area contributed by atoms with Gasteiger partial charge < -0.3 is 13.7 Å². The number of amides is 1. The second kappa shape index (κ2) is 7.49. The minimum absolute atomic E-state index is 0.152. The second-order valence-electron chi connectivity index (χ2n) is 6.04. The number of para-hydroxylation sites is 1. The minimum Gasteiger partial charge on any atom is -0.422 e. The van der Waals surface area contributed by atoms with Crippen LogP contribution in [0.4, 0.5) is 4.39 Å². The van der Waals surface area contributed by atoms with E-state index in [2.05, 4.69) is 4.99 Å². The summed E-state index contributed by atoms with van der Waals surface area (Å²) in [6, 6.07) is 12.8. The molecule has 2 heterocycles. The molecule has 142 valence electrons. The van der Waals surface area contributed by atoms with Crippen molar-refractivity contribution in [2.45, 2.75) is 6.54 Å². The molecule has 0 saturated heterocycles. The molecule has 0 saturated carbocycles. The Bertz CT molecular complexity index is 1320. The van der Waals surface area contributed by atoms with Gasteiger partial charge in [0.25, 0.3) is 5.91 Å². The van der Waals surface area contributed by atoms with Gasteiger partial charge in [-0.2, -0.15) is 4.99 Å². The Hall–Kier alpha value is -3.10. The summed E-state index contributed by atoms with van der Waals surface area (Å²) in [5, 5.41) is 0.631. The fraction of sp³-hybridized carbons (Fsp3) is 0.150. The number of ether oxygens (including phenoxy) is 1. The molecule has 0 spiro atoms. The highest BCUT2D eigenvalue weighted by Crippen LogP contribution is 2.19. The zero-order chi connectivity index (χ0) is 19.7. The quantitative estimate of drug-likeness (QED) is 0.494. The molecule has 0 atom stereocenters. The fourth-order valence-corrected chi connectivity index (χ4v) is 3.97. The SMILES string of the molecule is COCCn1c(=NC(=O)c2cc3ccccc3oc2=O)sc2cc(F)ccc21. The first kappa shape index (κ1) is 18.3. The third-order valence-corrected chi connectivity index (χ3v) is 5.27. The predicted molar refractivity (Wildman–Crippen MR) is 104 cm³/mol. The first-order chi connectivity index (χ1) is 13.6. The van der Waals surface area contributed by atoms with Gasteiger partial charge in [-0.25, -0.2) is 9.18 Å². The zero-order valence-electron chi connectivity index (χ0n) is 14.8. The molecule has 0 unspecified atom stereocenters. The van der Waals surface area contributed by atoms with Gasteiger partial charge in [0.05, 0.1) is 16.8 Å². The van der Waals surface area contributed by atoms with Crippen LogP contribution in [0, 0.1) is 5.82 Å². The first-order valence-corrected chi connectivity index (χ1v) is 9.28. The largest absolute Gasteiger partial charge is 0.422 e. The van der Waals surface area contributed by atoms with Gasteiger partial charge in [0.2, 0.25) is 0 Å². The van der Waals surface area contributed by atoms with E-state index in [0.717, 1.165) is 5.52 Å². The third kappa shape index (κ3) is 3.39. The Morgan fingerprint density at radius 1 is 1.25 bits per heavy atom. The second-order valence-corrected chi connectivity index (χ2v) is 7.05. The van der Waals surface area contributed by atoms with Crippen molar-refractivity contribution >= 4 is 38.4 Å². The maximum atomic E-state index is 13.6. The van der Waals surface area contributed by atoms with Crippen LogP contribution in [0.1, 0.15) is 10.4 Å². The lowest BCUT2D eigenvalue weighted by atomic mass is 10.2. The molecule has 4 aromatic rings. The van der Waals surface area contributed by atoms with Crippen LogP contribution in [0.15, 0.2) is 62.7 Å². The van der Waals surface area contributed by atoms with Crippen LogP contribution in [0.5, 0.6) is 0 Å². The highest BCUT2D eigenvalue weighted by atomic mass is 32.1. The summed E-state index contributed by atoms with van der Waals surface area (Å²) in [6.45, 7) is 0.823. The number of aromatic nitrogens is 1. The van der Waals surface area contributed by atoms with Crippen LogP contribution in [0.25, 0.3) is 21.2 Å². The van der Waals surface area contributed by atoms with Gasteiger partial charge in [-0.3, -0.25) is 4.79 Å². The van der Waals surface area contributed by atoms with Crippen LogP contribution in [0.2, 0.25) is 0 Å². The summed E-state index contributed by atoms with van der Waals surface area (Å²) < 4.78 is 26.3. The van der Waals surface area contributed by atoms with E-state index in [1.807, 2.05) is 0 Å². The summed E-state index contributed by atoms with van der Waals surface area (Å²) in [4.78, 5) is 29.4. The number of nitrogens with zero attached hydrogens (tertiary/aromatic N) is 2. The summed E-state index contributed by atoms with van der Waals surface area (Å²) in [5.41, 5.74) is 0.237. The molecule has 6 nitrogen and oxygen atoms in total. The van der Waals surface area contributed by atoms with Crippen molar-refractivity contribution in [1.82, 2.24) is 4.57 Å². The lowest BCUT2D eigenvalue weighted by molar-refractivity contribution is 0.0994. The van der Waals surface area contributed by atoms with Gasteiger partial charge in [0, 0.05) is 19.0 Å². The molecule has 0 aliphatic rings. The summed E-state index contributed by atoms with van der Waals surface area (Å²) in [6.07, 6.45) is 0. The van der Waals surface area contributed by atoms with Crippen LogP contribution >= 0.6 is 11.3 Å². The lowest BCUT2D eigenvalue weighted by Crippen LogP contribution is -2.21. The van der Waals surface area contributed by atoms with Crippen molar-refractivity contribution in [1.29, 1.82) is 0 Å². The molecule has 0 aliphatic carbocycles. The first-order valence-electron chi connectivity index (χ1n) is 8.46. The van der Waals surface area contributed by atoms with Crippen LogP contribution in [-0.4, -0.2) is 24.2 Å². The highest BCUT2D eigenvalue weighted by Gasteiger charge is 2.15. The van der Waals surface area contributed by atoms with E-state index >= 15 is 0 Å². The van der Waals surface area contributed by atoms with E-state index in [9.17, 15) is 14.0 Å². The summed E-state index contributed by atoms with van der Waals surface area (Å²) in [5.74, 6) is -1.08. The number of benzene rings is 2. The molecular formula is C20H15FN2O4S. The Labute approximate surface area is 162 Å². The van der Waals surface area contributed by atoms with Crippen molar-refractivity contribution in [3.63, 3.8) is 0 Å². The standard InChI is InChI=1S/C20H15FN2O4S/c1-26-9-8-23-15-7-6-13(21)11-17(15)28-20(23)22-18(24)14-10-12-4-2-3-5-16(12)27-19(14)25/h2-7,10-11H,8-9H2,1H3. The summed E-state index contributed by atoms with van der Waals surface area (Å²) in [7, 11) is 1.57. The predicted octanol–water partition coefficient (Wildman–Crippen LogP) is 3.34. The van der Waals surface area contributed by atoms with Gasteiger partial charge >= 0.3 is 5.63 Å². The number of hydrogen-bond acceptors (Lipinski definition) is 5. The number of carbonyl (C=O) groups is 1. The number of rotatable bonds is 4. The van der Waals surface area contributed by atoms with Crippen molar-refractivity contribution in [3.8, 4) is 0 Å². The smallest absolute Gasteiger partial charge is 0.349 e. The van der Waals surface area contributed by atoms with Crippen LogP contribution in [0.3, 0.4) is 0 Å².